The molecule has 0 unspecified atom stereocenters. The average molecular weight is 142 g/mol. The van der Waals surface area contributed by atoms with Crippen LogP contribution in [0, 0.1) is 0 Å². The first kappa shape index (κ1) is 7.20. The summed E-state index contributed by atoms with van der Waals surface area (Å²) in [5, 5.41) is 0. The summed E-state index contributed by atoms with van der Waals surface area (Å²) >= 11 is 2.06. The van der Waals surface area contributed by atoms with Crippen LogP contribution in [-0.2, 0) is 0 Å². The van der Waals surface area contributed by atoms with E-state index in [-0.39, 0.29) is 0 Å². The molecule has 1 heterocycles. The highest BCUT2D eigenvalue weighted by atomic mass is 32.2. The van der Waals surface area contributed by atoms with Crippen molar-refractivity contribution in [2.24, 2.45) is 0 Å². The fraction of sp³-hybridized carbons (Fsp3) is 0.750. The quantitative estimate of drug-likeness (QED) is 0.469. The number of thioether (sulfide) groups is 1. The van der Waals surface area contributed by atoms with Gasteiger partial charge in [-0.1, -0.05) is 18.6 Å². The molecule has 0 saturated heterocycles. The second kappa shape index (κ2) is 4.92. The number of allylic oxidation sites excluding steroid dienone is 1. The molecule has 0 N–H and O–H groups in total. The SMILES string of the molecule is C1=C\CSCCCCC/1. The van der Waals surface area contributed by atoms with Gasteiger partial charge in [0.05, 0.1) is 0 Å². The zero-order valence-electron chi connectivity index (χ0n) is 5.81. The first-order chi connectivity index (χ1) is 4.50. The summed E-state index contributed by atoms with van der Waals surface area (Å²) in [6.07, 6.45) is 10.2. The summed E-state index contributed by atoms with van der Waals surface area (Å²) in [7, 11) is 0. The van der Waals surface area contributed by atoms with Crippen LogP contribution in [0.25, 0.3) is 0 Å². The Hall–Kier alpha value is 0.0900. The highest BCUT2D eigenvalue weighted by Gasteiger charge is 1.90. The van der Waals surface area contributed by atoms with Crippen LogP contribution in [0.1, 0.15) is 25.7 Å². The average Bonchev–Trinajstić information content (AvgIpc) is 2.00. The normalized spacial score (nSPS) is 25.8. The van der Waals surface area contributed by atoms with Gasteiger partial charge in [0, 0.05) is 5.75 Å². The van der Waals surface area contributed by atoms with Gasteiger partial charge in [-0.25, -0.2) is 0 Å². The Balaban J connectivity index is 2.15. The summed E-state index contributed by atoms with van der Waals surface area (Å²) in [5.74, 6) is 2.60. The monoisotopic (exact) mass is 142 g/mol. The van der Waals surface area contributed by atoms with Gasteiger partial charge in [0.1, 0.15) is 0 Å². The summed E-state index contributed by atoms with van der Waals surface area (Å²) in [6.45, 7) is 0. The van der Waals surface area contributed by atoms with Crippen molar-refractivity contribution >= 4 is 11.8 Å². The lowest BCUT2D eigenvalue weighted by atomic mass is 10.2. The molecular formula is C8H14S. The van der Waals surface area contributed by atoms with Crippen LogP contribution in [0.2, 0.25) is 0 Å². The molecule has 1 aliphatic heterocycles. The molecular weight excluding hydrogens is 128 g/mol. The van der Waals surface area contributed by atoms with E-state index in [0.717, 1.165) is 0 Å². The predicted molar refractivity (Wildman–Crippen MR) is 44.9 cm³/mol. The fourth-order valence-electron chi connectivity index (χ4n) is 0.980. The van der Waals surface area contributed by atoms with Crippen LogP contribution in [-0.4, -0.2) is 11.5 Å². The molecule has 1 heteroatoms. The van der Waals surface area contributed by atoms with Gasteiger partial charge in [-0.3, -0.25) is 0 Å². The van der Waals surface area contributed by atoms with Gasteiger partial charge < -0.3 is 0 Å². The molecule has 0 bridgehead atoms. The van der Waals surface area contributed by atoms with Crippen molar-refractivity contribution in [2.45, 2.75) is 25.7 Å². The molecule has 0 saturated carbocycles. The lowest BCUT2D eigenvalue weighted by Gasteiger charge is -1.93. The van der Waals surface area contributed by atoms with E-state index < -0.39 is 0 Å². The van der Waals surface area contributed by atoms with Gasteiger partial charge in [0.25, 0.3) is 0 Å². The second-order valence-corrected chi connectivity index (χ2v) is 3.55. The minimum Gasteiger partial charge on any atom is -0.158 e. The largest absolute Gasteiger partial charge is 0.158 e. The molecule has 0 aromatic carbocycles. The van der Waals surface area contributed by atoms with Gasteiger partial charge in [-0.15, -0.1) is 0 Å². The summed E-state index contributed by atoms with van der Waals surface area (Å²) in [5.41, 5.74) is 0. The third kappa shape index (κ3) is 3.63. The van der Waals surface area contributed by atoms with E-state index in [2.05, 4.69) is 23.9 Å². The highest BCUT2D eigenvalue weighted by molar-refractivity contribution is 7.99. The molecule has 0 atom stereocenters. The molecule has 0 aromatic rings. The Morgan fingerprint density at radius 3 is 3.00 bits per heavy atom. The predicted octanol–water partition coefficient (Wildman–Crippen LogP) is 2.85. The van der Waals surface area contributed by atoms with Crippen molar-refractivity contribution in [3.8, 4) is 0 Å². The molecule has 0 amide bonds. The summed E-state index contributed by atoms with van der Waals surface area (Å²) in [6, 6.07) is 0. The summed E-state index contributed by atoms with van der Waals surface area (Å²) < 4.78 is 0. The minimum absolute atomic E-state index is 1.24. The van der Waals surface area contributed by atoms with Crippen molar-refractivity contribution in [1.29, 1.82) is 0 Å². The first-order valence-corrected chi connectivity index (χ1v) is 4.88. The van der Waals surface area contributed by atoms with Crippen LogP contribution in [0.3, 0.4) is 0 Å². The van der Waals surface area contributed by atoms with E-state index in [9.17, 15) is 0 Å². The maximum Gasteiger partial charge on any atom is 0.0113 e. The molecule has 0 radical (unpaired) electrons. The fourth-order valence-corrected chi connectivity index (χ4v) is 1.83. The van der Waals surface area contributed by atoms with E-state index in [0.29, 0.717) is 0 Å². The van der Waals surface area contributed by atoms with Crippen LogP contribution in [0.4, 0.5) is 0 Å². The molecule has 0 aliphatic carbocycles. The third-order valence-electron chi connectivity index (χ3n) is 1.54. The van der Waals surface area contributed by atoms with Gasteiger partial charge in [0.2, 0.25) is 0 Å². The lowest BCUT2D eigenvalue weighted by molar-refractivity contribution is 0.736. The molecule has 0 fully saturated rings. The number of hydrogen-bond donors (Lipinski definition) is 0. The lowest BCUT2D eigenvalue weighted by Crippen LogP contribution is -1.78. The van der Waals surface area contributed by atoms with Gasteiger partial charge >= 0.3 is 0 Å². The number of rotatable bonds is 0. The zero-order valence-corrected chi connectivity index (χ0v) is 6.62. The van der Waals surface area contributed by atoms with Crippen molar-refractivity contribution in [2.75, 3.05) is 11.5 Å². The van der Waals surface area contributed by atoms with Crippen LogP contribution in [0.5, 0.6) is 0 Å². The van der Waals surface area contributed by atoms with E-state index in [1.165, 1.54) is 37.2 Å². The smallest absolute Gasteiger partial charge is 0.0113 e. The minimum atomic E-state index is 1.24. The molecule has 0 nitrogen and oxygen atoms in total. The maximum absolute atomic E-state index is 2.32. The van der Waals surface area contributed by atoms with E-state index in [1.54, 1.807) is 0 Å². The highest BCUT2D eigenvalue weighted by Crippen LogP contribution is 2.10. The first-order valence-electron chi connectivity index (χ1n) is 3.73. The van der Waals surface area contributed by atoms with E-state index in [4.69, 9.17) is 0 Å². The van der Waals surface area contributed by atoms with Crippen LogP contribution < -0.4 is 0 Å². The van der Waals surface area contributed by atoms with Gasteiger partial charge in [0.15, 0.2) is 0 Å². The topological polar surface area (TPSA) is 0 Å². The third-order valence-corrected chi connectivity index (χ3v) is 2.55. The molecule has 1 aliphatic rings. The Kier molecular flexibility index (Phi) is 3.94. The zero-order chi connectivity index (χ0) is 6.36. The van der Waals surface area contributed by atoms with E-state index >= 15 is 0 Å². The van der Waals surface area contributed by atoms with E-state index in [1.807, 2.05) is 0 Å². The Morgan fingerprint density at radius 2 is 2.00 bits per heavy atom. The maximum atomic E-state index is 2.32. The van der Waals surface area contributed by atoms with Crippen molar-refractivity contribution in [3.05, 3.63) is 12.2 Å². The van der Waals surface area contributed by atoms with Gasteiger partial charge in [-0.2, -0.15) is 11.8 Å². The standard InChI is InChI=1S/C8H14S/c1-2-4-6-8-9-7-5-3-1/h3,5H,1-2,4,6-8H2/b5-3-. The Bertz CT molecular complexity index is 76.6. The van der Waals surface area contributed by atoms with Crippen LogP contribution in [0.15, 0.2) is 12.2 Å². The van der Waals surface area contributed by atoms with Crippen LogP contribution >= 0.6 is 11.8 Å². The molecule has 0 spiro atoms. The molecule has 0 aromatic heterocycles. The Labute approximate surface area is 61.7 Å². The molecule has 1 rings (SSSR count). The van der Waals surface area contributed by atoms with Crippen molar-refractivity contribution < 1.29 is 0 Å². The Morgan fingerprint density at radius 1 is 1.00 bits per heavy atom. The van der Waals surface area contributed by atoms with Gasteiger partial charge in [-0.05, 0) is 25.0 Å². The summed E-state index contributed by atoms with van der Waals surface area (Å²) in [4.78, 5) is 0. The van der Waals surface area contributed by atoms with Crippen molar-refractivity contribution in [3.63, 3.8) is 0 Å². The molecule has 9 heavy (non-hydrogen) atoms. The molecule has 52 valence electrons. The second-order valence-electron chi connectivity index (χ2n) is 2.40. The number of hydrogen-bond acceptors (Lipinski definition) is 1. The van der Waals surface area contributed by atoms with Crippen molar-refractivity contribution in [1.82, 2.24) is 0 Å².